The van der Waals surface area contributed by atoms with Crippen molar-refractivity contribution >= 4 is 11.6 Å². The normalized spacial score (nSPS) is 10.0. The van der Waals surface area contributed by atoms with Crippen molar-refractivity contribution in [3.05, 3.63) is 11.8 Å². The fraction of sp³-hybridized carbons (Fsp3) is 0.400. The maximum atomic E-state index is 8.91. The Kier molecular flexibility index (Phi) is 1.62. The standard InChI is InChI=1S/C5H7ClN2O/c1-8-5(9)2-4(3-6)7-8/h2,9H,3H2,1H3. The molecule has 0 saturated carbocycles. The van der Waals surface area contributed by atoms with E-state index in [2.05, 4.69) is 5.10 Å². The predicted octanol–water partition coefficient (Wildman–Crippen LogP) is 0.864. The molecule has 1 N–H and O–H groups in total. The minimum atomic E-state index is 0.144. The Morgan fingerprint density at radius 3 is 2.78 bits per heavy atom. The highest BCUT2D eigenvalue weighted by atomic mass is 35.5. The molecule has 0 aliphatic heterocycles. The summed E-state index contributed by atoms with van der Waals surface area (Å²) in [5, 5.41) is 12.8. The lowest BCUT2D eigenvalue weighted by Gasteiger charge is -1.86. The van der Waals surface area contributed by atoms with E-state index in [1.54, 1.807) is 7.05 Å². The Morgan fingerprint density at radius 2 is 2.56 bits per heavy atom. The van der Waals surface area contributed by atoms with Crippen molar-refractivity contribution in [1.82, 2.24) is 9.78 Å². The molecule has 0 aliphatic rings. The van der Waals surface area contributed by atoms with Gasteiger partial charge in [0, 0.05) is 13.1 Å². The summed E-state index contributed by atoms with van der Waals surface area (Å²) in [6.07, 6.45) is 0. The number of aromatic hydroxyl groups is 1. The van der Waals surface area contributed by atoms with E-state index in [4.69, 9.17) is 16.7 Å². The molecule has 1 aromatic heterocycles. The van der Waals surface area contributed by atoms with Gasteiger partial charge in [-0.05, 0) is 0 Å². The monoisotopic (exact) mass is 146 g/mol. The number of aromatic nitrogens is 2. The lowest BCUT2D eigenvalue weighted by molar-refractivity contribution is 0.419. The molecular weight excluding hydrogens is 140 g/mol. The Labute approximate surface area is 57.9 Å². The fourth-order valence-electron chi connectivity index (χ4n) is 0.581. The maximum absolute atomic E-state index is 8.91. The average molecular weight is 147 g/mol. The van der Waals surface area contributed by atoms with Crippen molar-refractivity contribution in [3.8, 4) is 5.88 Å². The van der Waals surface area contributed by atoms with Crippen molar-refractivity contribution < 1.29 is 5.11 Å². The molecule has 3 nitrogen and oxygen atoms in total. The van der Waals surface area contributed by atoms with Crippen molar-refractivity contribution in [2.24, 2.45) is 7.05 Å². The predicted molar refractivity (Wildman–Crippen MR) is 34.4 cm³/mol. The van der Waals surface area contributed by atoms with Crippen LogP contribution in [0, 0.1) is 0 Å². The van der Waals surface area contributed by atoms with Gasteiger partial charge in [-0.15, -0.1) is 11.6 Å². The molecule has 0 bridgehead atoms. The van der Waals surface area contributed by atoms with Crippen molar-refractivity contribution in [3.63, 3.8) is 0 Å². The van der Waals surface area contributed by atoms with Crippen LogP contribution in [0.2, 0.25) is 0 Å². The van der Waals surface area contributed by atoms with Gasteiger partial charge in [0.05, 0.1) is 11.6 Å². The zero-order valence-electron chi connectivity index (χ0n) is 5.00. The van der Waals surface area contributed by atoms with Crippen LogP contribution in [0.25, 0.3) is 0 Å². The van der Waals surface area contributed by atoms with Gasteiger partial charge in [-0.2, -0.15) is 5.10 Å². The quantitative estimate of drug-likeness (QED) is 0.597. The summed E-state index contributed by atoms with van der Waals surface area (Å²) in [4.78, 5) is 0. The highest BCUT2D eigenvalue weighted by Gasteiger charge is 1.99. The number of nitrogens with zero attached hydrogens (tertiary/aromatic N) is 2. The smallest absolute Gasteiger partial charge is 0.209 e. The highest BCUT2D eigenvalue weighted by molar-refractivity contribution is 6.16. The van der Waals surface area contributed by atoms with E-state index in [0.29, 0.717) is 11.6 Å². The molecule has 0 atom stereocenters. The molecule has 0 unspecified atom stereocenters. The summed E-state index contributed by atoms with van der Waals surface area (Å²) in [6, 6.07) is 1.53. The van der Waals surface area contributed by atoms with E-state index < -0.39 is 0 Å². The number of hydrogen-bond acceptors (Lipinski definition) is 2. The number of alkyl halides is 1. The molecule has 0 saturated heterocycles. The van der Waals surface area contributed by atoms with Gasteiger partial charge in [0.15, 0.2) is 0 Å². The van der Waals surface area contributed by atoms with Gasteiger partial charge in [-0.3, -0.25) is 0 Å². The van der Waals surface area contributed by atoms with Gasteiger partial charge in [-0.25, -0.2) is 4.68 Å². The summed E-state index contributed by atoms with van der Waals surface area (Å²) in [5.74, 6) is 0.486. The van der Waals surface area contributed by atoms with Gasteiger partial charge in [0.25, 0.3) is 0 Å². The number of hydrogen-bond donors (Lipinski definition) is 1. The first-order chi connectivity index (χ1) is 4.24. The van der Waals surface area contributed by atoms with Crippen LogP contribution in [0.3, 0.4) is 0 Å². The van der Waals surface area contributed by atoms with Crippen molar-refractivity contribution in [2.45, 2.75) is 5.88 Å². The lowest BCUT2D eigenvalue weighted by atomic mass is 10.5. The second-order valence-electron chi connectivity index (χ2n) is 1.75. The first kappa shape index (κ1) is 6.42. The molecule has 1 heterocycles. The van der Waals surface area contributed by atoms with Gasteiger partial charge < -0.3 is 5.11 Å². The first-order valence-electron chi connectivity index (χ1n) is 2.52. The van der Waals surface area contributed by atoms with E-state index in [0.717, 1.165) is 0 Å². The first-order valence-corrected chi connectivity index (χ1v) is 3.05. The molecule has 4 heteroatoms. The molecule has 0 spiro atoms. The van der Waals surface area contributed by atoms with Crippen molar-refractivity contribution in [1.29, 1.82) is 0 Å². The van der Waals surface area contributed by atoms with E-state index in [1.807, 2.05) is 0 Å². The summed E-state index contributed by atoms with van der Waals surface area (Å²) >= 11 is 5.43. The van der Waals surface area contributed by atoms with E-state index in [1.165, 1.54) is 10.7 Å². The molecule has 0 amide bonds. The van der Waals surface area contributed by atoms with Crippen LogP contribution in [0.1, 0.15) is 5.69 Å². The SMILES string of the molecule is Cn1nc(CCl)cc1O. The Balaban J connectivity index is 2.98. The summed E-state index contributed by atoms with van der Waals surface area (Å²) in [6.45, 7) is 0. The summed E-state index contributed by atoms with van der Waals surface area (Å²) in [7, 11) is 1.66. The van der Waals surface area contributed by atoms with Gasteiger partial charge >= 0.3 is 0 Å². The largest absolute Gasteiger partial charge is 0.493 e. The van der Waals surface area contributed by atoms with E-state index in [9.17, 15) is 0 Å². The second kappa shape index (κ2) is 2.27. The van der Waals surface area contributed by atoms with Crippen LogP contribution >= 0.6 is 11.6 Å². The van der Waals surface area contributed by atoms with Crippen LogP contribution in [0.15, 0.2) is 6.07 Å². The Bertz CT molecular complexity index is 189. The highest BCUT2D eigenvalue weighted by Crippen LogP contribution is 2.10. The minimum absolute atomic E-state index is 0.144. The summed E-state index contributed by atoms with van der Waals surface area (Å²) in [5.41, 5.74) is 0.691. The van der Waals surface area contributed by atoms with Gasteiger partial charge in [0.2, 0.25) is 5.88 Å². The molecule has 50 valence electrons. The summed E-state index contributed by atoms with van der Waals surface area (Å²) < 4.78 is 1.37. The minimum Gasteiger partial charge on any atom is -0.493 e. The lowest BCUT2D eigenvalue weighted by Crippen LogP contribution is -1.89. The topological polar surface area (TPSA) is 38.0 Å². The molecule has 1 aromatic rings. The number of halogens is 1. The zero-order chi connectivity index (χ0) is 6.85. The third-order valence-electron chi connectivity index (χ3n) is 1.04. The van der Waals surface area contributed by atoms with Crippen LogP contribution in [0.5, 0.6) is 5.88 Å². The third kappa shape index (κ3) is 1.16. The van der Waals surface area contributed by atoms with E-state index in [-0.39, 0.29) is 5.88 Å². The maximum Gasteiger partial charge on any atom is 0.209 e. The number of aryl methyl sites for hydroxylation is 1. The van der Waals surface area contributed by atoms with Gasteiger partial charge in [-0.1, -0.05) is 0 Å². The molecule has 9 heavy (non-hydrogen) atoms. The molecule has 0 fully saturated rings. The molecule has 0 radical (unpaired) electrons. The van der Waals surface area contributed by atoms with Crippen LogP contribution in [0.4, 0.5) is 0 Å². The molecule has 0 aliphatic carbocycles. The van der Waals surface area contributed by atoms with Crippen LogP contribution < -0.4 is 0 Å². The fourth-order valence-corrected chi connectivity index (χ4v) is 0.711. The van der Waals surface area contributed by atoms with Crippen LogP contribution in [-0.2, 0) is 12.9 Å². The van der Waals surface area contributed by atoms with E-state index >= 15 is 0 Å². The number of rotatable bonds is 1. The molecule has 1 rings (SSSR count). The zero-order valence-corrected chi connectivity index (χ0v) is 5.76. The van der Waals surface area contributed by atoms with Gasteiger partial charge in [0.1, 0.15) is 0 Å². The van der Waals surface area contributed by atoms with Crippen molar-refractivity contribution in [2.75, 3.05) is 0 Å². The van der Waals surface area contributed by atoms with Crippen LogP contribution in [-0.4, -0.2) is 14.9 Å². The second-order valence-corrected chi connectivity index (χ2v) is 2.02. The average Bonchev–Trinajstić information content (AvgIpc) is 2.13. The third-order valence-corrected chi connectivity index (χ3v) is 1.32. The Hall–Kier alpha value is -0.700. The molecular formula is C5H7ClN2O. The molecule has 0 aromatic carbocycles. The Morgan fingerprint density at radius 1 is 1.89 bits per heavy atom.